The van der Waals surface area contributed by atoms with Crippen molar-refractivity contribution in [3.8, 4) is 0 Å². The molecule has 2 amide bonds. The predicted molar refractivity (Wildman–Crippen MR) is 72.7 cm³/mol. The number of likely N-dealkylation sites (N-methyl/N-ethyl adjacent to an activating group) is 1. The van der Waals surface area contributed by atoms with E-state index in [1.54, 1.807) is 4.90 Å². The summed E-state index contributed by atoms with van der Waals surface area (Å²) in [6.07, 6.45) is -4.33. The number of piperazine rings is 1. The van der Waals surface area contributed by atoms with Gasteiger partial charge in [0.1, 0.15) is 0 Å². The van der Waals surface area contributed by atoms with Crippen LogP contribution in [0.15, 0.2) is 24.3 Å². The summed E-state index contributed by atoms with van der Waals surface area (Å²) in [6.45, 7) is 3.20. The van der Waals surface area contributed by atoms with Crippen LogP contribution in [0.3, 0.4) is 0 Å². The minimum Gasteiger partial charge on any atom is -0.334 e. The van der Waals surface area contributed by atoms with Gasteiger partial charge in [0, 0.05) is 32.7 Å². The molecule has 1 aliphatic rings. The van der Waals surface area contributed by atoms with E-state index in [0.717, 1.165) is 25.2 Å². The summed E-state index contributed by atoms with van der Waals surface area (Å²) < 4.78 is 37.3. The number of amides is 2. The number of urea groups is 1. The van der Waals surface area contributed by atoms with Crippen molar-refractivity contribution < 1.29 is 18.0 Å². The van der Waals surface area contributed by atoms with E-state index in [4.69, 9.17) is 0 Å². The highest BCUT2D eigenvalue weighted by molar-refractivity contribution is 5.74. The van der Waals surface area contributed by atoms with Crippen LogP contribution in [0.4, 0.5) is 18.0 Å². The van der Waals surface area contributed by atoms with Crippen LogP contribution in [-0.2, 0) is 12.7 Å². The number of hydrogen-bond acceptors (Lipinski definition) is 2. The average Bonchev–Trinajstić information content (AvgIpc) is 2.45. The molecule has 1 aliphatic heterocycles. The van der Waals surface area contributed by atoms with Crippen LogP contribution in [0.5, 0.6) is 0 Å². The zero-order chi connectivity index (χ0) is 15.5. The molecule has 1 N–H and O–H groups in total. The van der Waals surface area contributed by atoms with Crippen molar-refractivity contribution in [1.82, 2.24) is 15.1 Å². The van der Waals surface area contributed by atoms with Crippen LogP contribution in [0, 0.1) is 0 Å². The van der Waals surface area contributed by atoms with E-state index in [9.17, 15) is 18.0 Å². The van der Waals surface area contributed by atoms with Gasteiger partial charge in [0.25, 0.3) is 0 Å². The van der Waals surface area contributed by atoms with E-state index in [1.807, 2.05) is 7.05 Å². The van der Waals surface area contributed by atoms with Gasteiger partial charge in [-0.3, -0.25) is 0 Å². The number of nitrogens with one attached hydrogen (secondary N) is 1. The zero-order valence-electron chi connectivity index (χ0n) is 11.8. The van der Waals surface area contributed by atoms with Crippen molar-refractivity contribution in [3.63, 3.8) is 0 Å². The van der Waals surface area contributed by atoms with E-state index in [-0.39, 0.29) is 12.6 Å². The SMILES string of the molecule is CN1CCN(C(=O)NCc2ccc(C(F)(F)F)cc2)CC1. The molecule has 116 valence electrons. The first-order valence-corrected chi connectivity index (χ1v) is 6.74. The fourth-order valence-corrected chi connectivity index (χ4v) is 2.11. The number of benzene rings is 1. The number of rotatable bonds is 2. The van der Waals surface area contributed by atoms with Crippen LogP contribution in [0.25, 0.3) is 0 Å². The van der Waals surface area contributed by atoms with E-state index >= 15 is 0 Å². The first-order chi connectivity index (χ1) is 9.86. The number of nitrogens with zero attached hydrogens (tertiary/aromatic N) is 2. The van der Waals surface area contributed by atoms with Crippen molar-refractivity contribution in [1.29, 1.82) is 0 Å². The molecule has 7 heteroatoms. The van der Waals surface area contributed by atoms with Gasteiger partial charge >= 0.3 is 12.2 Å². The monoisotopic (exact) mass is 301 g/mol. The smallest absolute Gasteiger partial charge is 0.334 e. The van der Waals surface area contributed by atoms with Crippen LogP contribution in [0.2, 0.25) is 0 Å². The Balaban J connectivity index is 1.84. The highest BCUT2D eigenvalue weighted by atomic mass is 19.4. The van der Waals surface area contributed by atoms with Gasteiger partial charge in [-0.25, -0.2) is 4.79 Å². The third kappa shape index (κ3) is 4.35. The molecule has 1 fully saturated rings. The van der Waals surface area contributed by atoms with Gasteiger partial charge in [-0.05, 0) is 24.7 Å². The van der Waals surface area contributed by atoms with E-state index in [0.29, 0.717) is 18.7 Å². The summed E-state index contributed by atoms with van der Waals surface area (Å²) in [5, 5.41) is 2.73. The lowest BCUT2D eigenvalue weighted by atomic mass is 10.1. The van der Waals surface area contributed by atoms with Crippen LogP contribution in [0.1, 0.15) is 11.1 Å². The molecule has 0 unspecified atom stereocenters. The zero-order valence-corrected chi connectivity index (χ0v) is 11.8. The van der Waals surface area contributed by atoms with Crippen LogP contribution >= 0.6 is 0 Å². The molecule has 2 rings (SSSR count). The topological polar surface area (TPSA) is 35.6 Å². The summed E-state index contributed by atoms with van der Waals surface area (Å²) in [5.74, 6) is 0. The van der Waals surface area contributed by atoms with E-state index < -0.39 is 11.7 Å². The summed E-state index contributed by atoms with van der Waals surface area (Å²) >= 11 is 0. The van der Waals surface area contributed by atoms with Crippen molar-refractivity contribution in [2.24, 2.45) is 0 Å². The predicted octanol–water partition coefficient (Wildman–Crippen LogP) is 2.16. The molecule has 1 heterocycles. The van der Waals surface area contributed by atoms with Crippen molar-refractivity contribution in [2.75, 3.05) is 33.2 Å². The Labute approximate surface area is 121 Å². The fourth-order valence-electron chi connectivity index (χ4n) is 2.11. The van der Waals surface area contributed by atoms with Gasteiger partial charge in [0.15, 0.2) is 0 Å². The maximum absolute atomic E-state index is 12.4. The quantitative estimate of drug-likeness (QED) is 0.908. The maximum atomic E-state index is 12.4. The molecule has 0 aromatic heterocycles. The molecule has 21 heavy (non-hydrogen) atoms. The van der Waals surface area contributed by atoms with Gasteiger partial charge < -0.3 is 15.1 Å². The summed E-state index contributed by atoms with van der Waals surface area (Å²) in [5.41, 5.74) is -0.0397. The number of carbonyl (C=O) groups excluding carboxylic acids is 1. The summed E-state index contributed by atoms with van der Waals surface area (Å²) in [7, 11) is 2.00. The molecule has 0 radical (unpaired) electrons. The molecule has 4 nitrogen and oxygen atoms in total. The average molecular weight is 301 g/mol. The summed E-state index contributed by atoms with van der Waals surface area (Å²) in [6, 6.07) is 4.64. The summed E-state index contributed by atoms with van der Waals surface area (Å²) in [4.78, 5) is 15.8. The van der Waals surface area contributed by atoms with Gasteiger partial charge in [-0.15, -0.1) is 0 Å². The van der Waals surface area contributed by atoms with Gasteiger partial charge in [0.2, 0.25) is 0 Å². The highest BCUT2D eigenvalue weighted by Crippen LogP contribution is 2.29. The minimum absolute atomic E-state index is 0.178. The Kier molecular flexibility index (Phi) is 4.72. The minimum atomic E-state index is -4.33. The highest BCUT2D eigenvalue weighted by Gasteiger charge is 2.29. The van der Waals surface area contributed by atoms with Gasteiger partial charge in [-0.2, -0.15) is 13.2 Å². The van der Waals surface area contributed by atoms with Gasteiger partial charge in [0.05, 0.1) is 5.56 Å². The lowest BCUT2D eigenvalue weighted by Crippen LogP contribution is -2.50. The first-order valence-electron chi connectivity index (χ1n) is 6.74. The van der Waals surface area contributed by atoms with Crippen LogP contribution < -0.4 is 5.32 Å². The standard InChI is InChI=1S/C14H18F3N3O/c1-19-6-8-20(9-7-19)13(21)18-10-11-2-4-12(5-3-11)14(15,16)17/h2-5H,6-10H2,1H3,(H,18,21). The maximum Gasteiger partial charge on any atom is 0.416 e. The number of halogens is 3. The number of alkyl halides is 3. The largest absolute Gasteiger partial charge is 0.416 e. The third-order valence-corrected chi connectivity index (χ3v) is 3.52. The molecule has 0 aliphatic carbocycles. The Morgan fingerprint density at radius 3 is 2.24 bits per heavy atom. The second-order valence-corrected chi connectivity index (χ2v) is 5.14. The second kappa shape index (κ2) is 6.34. The molecule has 1 aromatic carbocycles. The second-order valence-electron chi connectivity index (χ2n) is 5.14. The molecular weight excluding hydrogens is 283 g/mol. The number of hydrogen-bond donors (Lipinski definition) is 1. The molecule has 0 bridgehead atoms. The first kappa shape index (κ1) is 15.6. The molecule has 1 saturated heterocycles. The normalized spacial score (nSPS) is 16.9. The Morgan fingerprint density at radius 2 is 1.71 bits per heavy atom. The molecule has 0 spiro atoms. The Morgan fingerprint density at radius 1 is 1.14 bits per heavy atom. The molecule has 0 atom stereocenters. The van der Waals surface area contributed by atoms with Gasteiger partial charge in [-0.1, -0.05) is 12.1 Å². The van der Waals surface area contributed by atoms with E-state index in [2.05, 4.69) is 10.2 Å². The lowest BCUT2D eigenvalue weighted by Gasteiger charge is -2.32. The fraction of sp³-hybridized carbons (Fsp3) is 0.500. The number of carbonyl (C=O) groups is 1. The van der Waals surface area contributed by atoms with Crippen LogP contribution in [-0.4, -0.2) is 49.1 Å². The van der Waals surface area contributed by atoms with Crippen molar-refractivity contribution in [3.05, 3.63) is 35.4 Å². The Bertz CT molecular complexity index is 479. The molecule has 1 aromatic rings. The van der Waals surface area contributed by atoms with Crippen molar-refractivity contribution >= 4 is 6.03 Å². The lowest BCUT2D eigenvalue weighted by molar-refractivity contribution is -0.137. The van der Waals surface area contributed by atoms with Crippen molar-refractivity contribution in [2.45, 2.75) is 12.7 Å². The Hall–Kier alpha value is -1.76. The third-order valence-electron chi connectivity index (χ3n) is 3.52. The van der Waals surface area contributed by atoms with E-state index in [1.165, 1.54) is 12.1 Å². The molecular formula is C14H18F3N3O. The molecule has 0 saturated carbocycles.